The van der Waals surface area contributed by atoms with Crippen LogP contribution in [-0.2, 0) is 0 Å². The molecule has 9 rings (SSSR count). The standard InChI is InChI=1S/C35H21BN6S2/c1-4-12-22(13-5-1)31-39-32(23-14-6-2-7-15-23)41-35(40-31)42-27-25-18-10-20-37-33(25)43-29(27)36(24-16-8-3-9-17-24)30-28(42)26-19-11-21-38-34(26)44-30/h1-21H. The molecule has 3 aromatic carbocycles. The maximum absolute atomic E-state index is 5.19. The van der Waals surface area contributed by atoms with Crippen LogP contribution in [0.2, 0.25) is 0 Å². The maximum Gasteiger partial charge on any atom is 0.272 e. The van der Waals surface area contributed by atoms with Crippen molar-refractivity contribution in [2.24, 2.45) is 0 Å². The molecule has 6 nitrogen and oxygen atoms in total. The van der Waals surface area contributed by atoms with Gasteiger partial charge in [-0.25, -0.2) is 15.0 Å². The fourth-order valence-electron chi connectivity index (χ4n) is 6.00. The zero-order valence-electron chi connectivity index (χ0n) is 23.2. The highest BCUT2D eigenvalue weighted by molar-refractivity contribution is 7.40. The molecule has 0 saturated heterocycles. The minimum atomic E-state index is 0.0277. The molecule has 9 heteroatoms. The summed E-state index contributed by atoms with van der Waals surface area (Å²) in [4.78, 5) is 29.2. The van der Waals surface area contributed by atoms with Gasteiger partial charge in [-0.1, -0.05) is 96.5 Å². The van der Waals surface area contributed by atoms with E-state index in [-0.39, 0.29) is 6.71 Å². The van der Waals surface area contributed by atoms with Crippen LogP contribution in [0.1, 0.15) is 0 Å². The molecule has 0 amide bonds. The lowest BCUT2D eigenvalue weighted by Gasteiger charge is -2.32. The van der Waals surface area contributed by atoms with Crippen LogP contribution in [0.15, 0.2) is 128 Å². The van der Waals surface area contributed by atoms with Gasteiger partial charge in [-0.2, -0.15) is 9.97 Å². The first kappa shape index (κ1) is 25.3. The van der Waals surface area contributed by atoms with Crippen molar-refractivity contribution in [3.05, 3.63) is 128 Å². The van der Waals surface area contributed by atoms with Crippen molar-refractivity contribution in [1.29, 1.82) is 0 Å². The second-order valence-electron chi connectivity index (χ2n) is 10.5. The Morgan fingerprint density at radius 1 is 0.500 bits per heavy atom. The summed E-state index contributed by atoms with van der Waals surface area (Å²) in [6.45, 7) is 0.0277. The Morgan fingerprint density at radius 2 is 0.977 bits per heavy atom. The topological polar surface area (TPSA) is 67.7 Å². The molecule has 5 aromatic heterocycles. The first-order valence-corrected chi connectivity index (χ1v) is 15.9. The molecule has 8 aromatic rings. The van der Waals surface area contributed by atoms with Crippen LogP contribution in [0, 0.1) is 0 Å². The Balaban J connectivity index is 1.40. The molecular weight excluding hydrogens is 579 g/mol. The third kappa shape index (κ3) is 3.97. The Morgan fingerprint density at radius 3 is 1.48 bits per heavy atom. The smallest absolute Gasteiger partial charge is 0.272 e. The van der Waals surface area contributed by atoms with Gasteiger partial charge in [0, 0.05) is 43.8 Å². The summed E-state index contributed by atoms with van der Waals surface area (Å²) in [5.41, 5.74) is 5.22. The van der Waals surface area contributed by atoms with Crippen molar-refractivity contribution < 1.29 is 0 Å². The van der Waals surface area contributed by atoms with Crippen LogP contribution in [0.25, 0.3) is 43.2 Å². The molecule has 6 heterocycles. The number of hydrogen-bond acceptors (Lipinski definition) is 8. The number of aromatic nitrogens is 5. The highest BCUT2D eigenvalue weighted by atomic mass is 32.1. The number of nitrogens with zero attached hydrogens (tertiary/aromatic N) is 6. The normalized spacial score (nSPS) is 12.5. The zero-order valence-corrected chi connectivity index (χ0v) is 24.8. The van der Waals surface area contributed by atoms with Crippen LogP contribution in [0.5, 0.6) is 0 Å². The summed E-state index contributed by atoms with van der Waals surface area (Å²) in [5.74, 6) is 1.81. The fourth-order valence-corrected chi connectivity index (χ4v) is 8.61. The maximum atomic E-state index is 5.19. The van der Waals surface area contributed by atoms with Crippen LogP contribution in [0.4, 0.5) is 17.3 Å². The lowest BCUT2D eigenvalue weighted by molar-refractivity contribution is 1.03. The molecule has 0 fully saturated rings. The number of anilines is 3. The molecule has 1 aliphatic rings. The SMILES string of the molecule is c1ccc(B2c3sc4ncccc4c3N(c3nc(-c4ccccc4)nc(-c4ccccc4)n3)c3c2sc2ncccc32)cc1. The van der Waals surface area contributed by atoms with Gasteiger partial charge in [-0.05, 0) is 24.3 Å². The number of thiophene rings is 2. The molecular formula is C35H21BN6S2. The predicted molar refractivity (Wildman–Crippen MR) is 183 cm³/mol. The molecule has 0 N–H and O–H groups in total. The second kappa shape index (κ2) is 10.2. The lowest BCUT2D eigenvalue weighted by Crippen LogP contribution is -2.54. The molecule has 0 radical (unpaired) electrons. The van der Waals surface area contributed by atoms with Crippen LogP contribution < -0.4 is 19.9 Å². The number of fused-ring (bicyclic) bond motifs is 6. The average Bonchev–Trinajstić information content (AvgIpc) is 3.67. The van der Waals surface area contributed by atoms with E-state index < -0.39 is 0 Å². The van der Waals surface area contributed by atoms with Gasteiger partial charge in [0.1, 0.15) is 9.66 Å². The van der Waals surface area contributed by atoms with Crippen molar-refractivity contribution in [2.75, 3.05) is 4.90 Å². The summed E-state index contributed by atoms with van der Waals surface area (Å²) in [7, 11) is 0. The van der Waals surface area contributed by atoms with E-state index in [9.17, 15) is 0 Å². The largest absolute Gasteiger partial charge is 0.277 e. The zero-order chi connectivity index (χ0) is 29.0. The van der Waals surface area contributed by atoms with Crippen LogP contribution >= 0.6 is 22.7 Å². The van der Waals surface area contributed by atoms with Gasteiger partial charge >= 0.3 is 0 Å². The molecule has 0 atom stereocenters. The molecule has 44 heavy (non-hydrogen) atoms. The third-order valence-corrected chi connectivity index (χ3v) is 10.3. The second-order valence-corrected chi connectivity index (χ2v) is 12.6. The molecule has 0 spiro atoms. The van der Waals surface area contributed by atoms with Crippen LogP contribution in [-0.4, -0.2) is 31.6 Å². The summed E-state index contributed by atoms with van der Waals surface area (Å²) >= 11 is 3.48. The van der Waals surface area contributed by atoms with Gasteiger partial charge in [0.05, 0.1) is 11.4 Å². The Kier molecular flexibility index (Phi) is 5.85. The summed E-state index contributed by atoms with van der Waals surface area (Å²) < 4.78 is 2.43. The Labute approximate surface area is 261 Å². The molecule has 206 valence electrons. The number of rotatable bonds is 4. The van der Waals surface area contributed by atoms with E-state index in [1.807, 2.05) is 85.2 Å². The molecule has 0 aliphatic carbocycles. The van der Waals surface area contributed by atoms with E-state index in [2.05, 4.69) is 47.4 Å². The van der Waals surface area contributed by atoms with E-state index in [1.54, 1.807) is 22.7 Å². The predicted octanol–water partition coefficient (Wildman–Crippen LogP) is 6.72. The monoisotopic (exact) mass is 600 g/mol. The van der Waals surface area contributed by atoms with Gasteiger partial charge in [0.25, 0.3) is 6.71 Å². The van der Waals surface area contributed by atoms with Crippen molar-refractivity contribution >= 4 is 82.2 Å². The minimum absolute atomic E-state index is 0.0277. The quantitative estimate of drug-likeness (QED) is 0.209. The Bertz CT molecular complexity index is 2170. The van der Waals surface area contributed by atoms with Crippen molar-refractivity contribution in [1.82, 2.24) is 24.9 Å². The van der Waals surface area contributed by atoms with Crippen molar-refractivity contribution in [2.45, 2.75) is 0 Å². The van der Waals surface area contributed by atoms with Gasteiger partial charge in [-0.15, -0.1) is 22.7 Å². The number of pyridine rings is 2. The summed E-state index contributed by atoms with van der Waals surface area (Å²) in [5, 5.41) is 2.15. The molecule has 0 unspecified atom stereocenters. The highest BCUT2D eigenvalue weighted by Crippen LogP contribution is 2.46. The van der Waals surface area contributed by atoms with Crippen molar-refractivity contribution in [3.63, 3.8) is 0 Å². The molecule has 1 aliphatic heterocycles. The summed E-state index contributed by atoms with van der Waals surface area (Å²) in [6, 6.07) is 39.3. The molecule has 0 saturated carbocycles. The van der Waals surface area contributed by atoms with Crippen LogP contribution in [0.3, 0.4) is 0 Å². The first-order chi connectivity index (χ1) is 21.8. The number of benzene rings is 3. The van der Waals surface area contributed by atoms with Gasteiger partial charge in [0.15, 0.2) is 11.6 Å². The van der Waals surface area contributed by atoms with Gasteiger partial charge in [0.2, 0.25) is 5.95 Å². The summed E-state index contributed by atoms with van der Waals surface area (Å²) in [6.07, 6.45) is 3.73. The fraction of sp³-hybridized carbons (Fsp3) is 0. The third-order valence-electron chi connectivity index (χ3n) is 7.92. The Hall–Kier alpha value is -5.25. The molecule has 0 bridgehead atoms. The van der Waals surface area contributed by atoms with E-state index >= 15 is 0 Å². The van der Waals surface area contributed by atoms with Gasteiger partial charge in [-0.3, -0.25) is 4.90 Å². The average molecular weight is 601 g/mol. The van der Waals surface area contributed by atoms with Crippen molar-refractivity contribution in [3.8, 4) is 22.8 Å². The highest BCUT2D eigenvalue weighted by Gasteiger charge is 2.42. The van der Waals surface area contributed by atoms with E-state index in [4.69, 9.17) is 24.9 Å². The first-order valence-electron chi connectivity index (χ1n) is 14.3. The lowest BCUT2D eigenvalue weighted by atomic mass is 9.41. The van der Waals surface area contributed by atoms with E-state index in [1.165, 1.54) is 15.0 Å². The minimum Gasteiger partial charge on any atom is -0.277 e. The van der Waals surface area contributed by atoms with E-state index in [0.29, 0.717) is 17.6 Å². The van der Waals surface area contributed by atoms with Gasteiger partial charge < -0.3 is 0 Å². The van der Waals surface area contributed by atoms with E-state index in [0.717, 1.165) is 42.9 Å². The number of hydrogen-bond donors (Lipinski definition) is 0.